The largest absolute Gasteiger partial charge is 0.395 e. The van der Waals surface area contributed by atoms with Crippen LogP contribution in [0.25, 0.3) is 0 Å². The molecule has 4 heteroatoms. The molecule has 1 aromatic rings. The number of hydrogen-bond donors (Lipinski definition) is 2. The fourth-order valence-corrected chi connectivity index (χ4v) is 1.16. The van der Waals surface area contributed by atoms with E-state index in [4.69, 9.17) is 5.11 Å². The maximum absolute atomic E-state index is 11.4. The van der Waals surface area contributed by atoms with Crippen molar-refractivity contribution in [3.05, 3.63) is 35.9 Å². The summed E-state index contributed by atoms with van der Waals surface area (Å²) in [5, 5.41) is 11.4. The van der Waals surface area contributed by atoms with E-state index < -0.39 is 0 Å². The van der Waals surface area contributed by atoms with E-state index in [2.05, 4.69) is 5.32 Å². The first-order valence-corrected chi connectivity index (χ1v) is 4.88. The lowest BCUT2D eigenvalue weighted by Crippen LogP contribution is -2.38. The van der Waals surface area contributed by atoms with Crippen LogP contribution in [0.2, 0.25) is 0 Å². The fraction of sp³-hybridized carbons (Fsp3) is 0.364. The molecule has 2 amide bonds. The Morgan fingerprint density at radius 3 is 2.67 bits per heavy atom. The molecule has 0 saturated carbocycles. The number of urea groups is 1. The summed E-state index contributed by atoms with van der Waals surface area (Å²) < 4.78 is 0. The summed E-state index contributed by atoms with van der Waals surface area (Å²) in [6, 6.07) is 9.52. The van der Waals surface area contributed by atoms with Crippen LogP contribution in [-0.2, 0) is 6.54 Å². The highest BCUT2D eigenvalue weighted by Crippen LogP contribution is 1.97. The first kappa shape index (κ1) is 11.5. The summed E-state index contributed by atoms with van der Waals surface area (Å²) in [5.41, 5.74) is 1.06. The molecule has 1 aromatic carbocycles. The summed E-state index contributed by atoms with van der Waals surface area (Å²) in [5.74, 6) is 0. The van der Waals surface area contributed by atoms with Gasteiger partial charge in [0, 0.05) is 20.1 Å². The van der Waals surface area contributed by atoms with E-state index in [1.165, 1.54) is 4.90 Å². The summed E-state index contributed by atoms with van der Waals surface area (Å²) >= 11 is 0. The molecule has 0 bridgehead atoms. The van der Waals surface area contributed by atoms with E-state index in [1.54, 1.807) is 7.05 Å². The highest BCUT2D eigenvalue weighted by atomic mass is 16.3. The Bertz CT molecular complexity index is 301. The topological polar surface area (TPSA) is 52.6 Å². The summed E-state index contributed by atoms with van der Waals surface area (Å²) in [6.07, 6.45) is 0. The molecule has 2 N–H and O–H groups in total. The normalized spacial score (nSPS) is 9.73. The molecule has 1 rings (SSSR count). The van der Waals surface area contributed by atoms with E-state index in [1.807, 2.05) is 30.3 Å². The van der Waals surface area contributed by atoms with Crippen molar-refractivity contribution >= 4 is 6.03 Å². The third kappa shape index (κ3) is 3.99. The van der Waals surface area contributed by atoms with Crippen molar-refractivity contribution in [3.8, 4) is 0 Å². The lowest BCUT2D eigenvalue weighted by molar-refractivity contribution is 0.190. The number of rotatable bonds is 4. The molecule has 0 atom stereocenters. The molecule has 0 spiro atoms. The van der Waals surface area contributed by atoms with Gasteiger partial charge in [-0.3, -0.25) is 0 Å². The zero-order chi connectivity index (χ0) is 11.1. The first-order chi connectivity index (χ1) is 7.24. The Morgan fingerprint density at radius 2 is 2.07 bits per heavy atom. The number of carbonyl (C=O) groups is 1. The van der Waals surface area contributed by atoms with E-state index in [9.17, 15) is 4.79 Å². The lowest BCUT2D eigenvalue weighted by Gasteiger charge is -2.16. The van der Waals surface area contributed by atoms with Gasteiger partial charge in [0.25, 0.3) is 0 Å². The van der Waals surface area contributed by atoms with Gasteiger partial charge in [-0.15, -0.1) is 0 Å². The van der Waals surface area contributed by atoms with Gasteiger partial charge in [0.15, 0.2) is 0 Å². The lowest BCUT2D eigenvalue weighted by atomic mass is 10.2. The quantitative estimate of drug-likeness (QED) is 0.769. The second-order valence-corrected chi connectivity index (χ2v) is 3.29. The van der Waals surface area contributed by atoms with Gasteiger partial charge in [0.1, 0.15) is 0 Å². The van der Waals surface area contributed by atoms with Crippen LogP contribution >= 0.6 is 0 Å². The summed E-state index contributed by atoms with van der Waals surface area (Å²) in [4.78, 5) is 12.9. The number of nitrogens with one attached hydrogen (secondary N) is 1. The molecule has 0 saturated heterocycles. The predicted molar refractivity (Wildman–Crippen MR) is 58.4 cm³/mol. The van der Waals surface area contributed by atoms with Crippen molar-refractivity contribution in [2.75, 3.05) is 20.2 Å². The number of hydrogen-bond acceptors (Lipinski definition) is 2. The number of aliphatic hydroxyl groups excluding tert-OH is 1. The second kappa shape index (κ2) is 6.03. The molecule has 0 aliphatic carbocycles. The maximum Gasteiger partial charge on any atom is 0.317 e. The van der Waals surface area contributed by atoms with Crippen molar-refractivity contribution in [1.29, 1.82) is 0 Å². The summed E-state index contributed by atoms with van der Waals surface area (Å²) in [6.45, 7) is 0.839. The SMILES string of the molecule is CN(CCO)C(=O)NCc1ccccc1. The van der Waals surface area contributed by atoms with Crippen molar-refractivity contribution in [2.45, 2.75) is 6.54 Å². The first-order valence-electron chi connectivity index (χ1n) is 4.88. The Hall–Kier alpha value is -1.55. The minimum Gasteiger partial charge on any atom is -0.395 e. The molecule has 0 fully saturated rings. The maximum atomic E-state index is 11.4. The van der Waals surface area contributed by atoms with Gasteiger partial charge in [-0.2, -0.15) is 0 Å². The van der Waals surface area contributed by atoms with Crippen LogP contribution in [0.5, 0.6) is 0 Å². The van der Waals surface area contributed by atoms with Crippen molar-refractivity contribution in [2.24, 2.45) is 0 Å². The van der Waals surface area contributed by atoms with Gasteiger partial charge in [0.2, 0.25) is 0 Å². The van der Waals surface area contributed by atoms with Crippen LogP contribution in [0.3, 0.4) is 0 Å². The van der Waals surface area contributed by atoms with Gasteiger partial charge < -0.3 is 15.3 Å². The Balaban J connectivity index is 2.34. The smallest absolute Gasteiger partial charge is 0.317 e. The van der Waals surface area contributed by atoms with Crippen LogP contribution in [0, 0.1) is 0 Å². The molecular weight excluding hydrogens is 192 g/mol. The molecule has 0 aliphatic heterocycles. The summed E-state index contributed by atoms with van der Waals surface area (Å²) in [7, 11) is 1.65. The third-order valence-electron chi connectivity index (χ3n) is 2.07. The standard InChI is InChI=1S/C11H16N2O2/c1-13(7-8-14)11(15)12-9-10-5-3-2-4-6-10/h2-6,14H,7-9H2,1H3,(H,12,15). The van der Waals surface area contributed by atoms with Gasteiger partial charge >= 0.3 is 6.03 Å². The monoisotopic (exact) mass is 208 g/mol. The van der Waals surface area contributed by atoms with Crippen LogP contribution in [0.4, 0.5) is 4.79 Å². The number of carbonyl (C=O) groups excluding carboxylic acids is 1. The second-order valence-electron chi connectivity index (χ2n) is 3.29. The highest BCUT2D eigenvalue weighted by Gasteiger charge is 2.05. The Kier molecular flexibility index (Phi) is 4.63. The predicted octanol–water partition coefficient (Wildman–Crippen LogP) is 0.820. The van der Waals surface area contributed by atoms with Crippen molar-refractivity contribution < 1.29 is 9.90 Å². The molecule has 0 aliphatic rings. The van der Waals surface area contributed by atoms with Crippen LogP contribution in [0.15, 0.2) is 30.3 Å². The molecular formula is C11H16N2O2. The van der Waals surface area contributed by atoms with Crippen molar-refractivity contribution in [3.63, 3.8) is 0 Å². The molecule has 0 aromatic heterocycles. The molecule has 15 heavy (non-hydrogen) atoms. The third-order valence-corrected chi connectivity index (χ3v) is 2.07. The Morgan fingerprint density at radius 1 is 1.40 bits per heavy atom. The fourth-order valence-electron chi connectivity index (χ4n) is 1.16. The molecule has 0 unspecified atom stereocenters. The molecule has 0 radical (unpaired) electrons. The minimum atomic E-state index is -0.173. The number of aliphatic hydroxyl groups is 1. The number of benzene rings is 1. The van der Waals surface area contributed by atoms with Gasteiger partial charge in [-0.1, -0.05) is 30.3 Å². The average molecular weight is 208 g/mol. The number of likely N-dealkylation sites (N-methyl/N-ethyl adjacent to an activating group) is 1. The van der Waals surface area contributed by atoms with E-state index >= 15 is 0 Å². The van der Waals surface area contributed by atoms with Crippen molar-refractivity contribution in [1.82, 2.24) is 10.2 Å². The molecule has 0 heterocycles. The number of nitrogens with zero attached hydrogens (tertiary/aromatic N) is 1. The van der Waals surface area contributed by atoms with Gasteiger partial charge in [-0.05, 0) is 5.56 Å². The zero-order valence-corrected chi connectivity index (χ0v) is 8.81. The minimum absolute atomic E-state index is 0.0186. The van der Waals surface area contributed by atoms with Crippen LogP contribution in [-0.4, -0.2) is 36.2 Å². The van der Waals surface area contributed by atoms with E-state index in [-0.39, 0.29) is 12.6 Å². The Labute approximate surface area is 89.5 Å². The van der Waals surface area contributed by atoms with Gasteiger partial charge in [-0.25, -0.2) is 4.79 Å². The van der Waals surface area contributed by atoms with E-state index in [0.717, 1.165) is 5.56 Å². The van der Waals surface area contributed by atoms with E-state index in [0.29, 0.717) is 13.1 Å². The number of amides is 2. The average Bonchev–Trinajstić information content (AvgIpc) is 2.27. The van der Waals surface area contributed by atoms with Gasteiger partial charge in [0.05, 0.1) is 6.61 Å². The molecule has 4 nitrogen and oxygen atoms in total. The molecule has 82 valence electrons. The highest BCUT2D eigenvalue weighted by molar-refractivity contribution is 5.73. The van der Waals surface area contributed by atoms with Crippen LogP contribution < -0.4 is 5.32 Å². The van der Waals surface area contributed by atoms with Crippen LogP contribution in [0.1, 0.15) is 5.56 Å². The zero-order valence-electron chi connectivity index (χ0n) is 8.81.